The van der Waals surface area contributed by atoms with Gasteiger partial charge in [0, 0.05) is 12.8 Å². The quantitative estimate of drug-likeness (QED) is 0.0197. The van der Waals surface area contributed by atoms with Crippen LogP contribution < -0.4 is 0 Å². The molecule has 0 bridgehead atoms. The van der Waals surface area contributed by atoms with Gasteiger partial charge < -0.3 is 24.2 Å². The molecule has 0 amide bonds. The molecular weight excluding hydrogens is 904 g/mol. The first-order valence-electron chi connectivity index (χ1n) is 27.1. The highest BCUT2D eigenvalue weighted by Crippen LogP contribution is 2.43. The van der Waals surface area contributed by atoms with Crippen molar-refractivity contribution in [2.45, 2.75) is 226 Å². The zero-order chi connectivity index (χ0) is 51.3. The Morgan fingerprint density at radius 3 is 1.27 bits per heavy atom. The number of esters is 3. The number of rotatable bonds is 49. The smallest absolute Gasteiger partial charge is 0.461 e. The maximum absolute atomic E-state index is 12.9. The first-order valence-corrected chi connectivity index (χ1v) is 28.6. The molecular formula is C58H97O11P. The van der Waals surface area contributed by atoms with E-state index in [4.69, 9.17) is 23.3 Å². The maximum Gasteiger partial charge on any atom is 0.472 e. The van der Waals surface area contributed by atoms with Crippen LogP contribution in [0.3, 0.4) is 0 Å². The standard InChI is InChI=1S/C58H97O11P/c1-4-7-10-13-16-19-22-24-26-27-29-31-34-37-40-43-46-49-58(62)69-55(51-65-56(60)47-44-41-38-35-33-30-28-25-23-20-17-14-11-8-5-2)53-67-70(63,64)66-52-54(50-59)68-57(61)48-45-42-39-36-32-21-18-15-12-9-6-3/h8,11,15-20,24-26,28,33,35,41,44,54-55,59H,4-7,9-10,12-14,21-23,27,29-32,34,36-40,42-43,45-53H2,1-3H3,(H,63,64)/b11-8-,18-15-,19-16-,20-17-,26-24-,28-25-,35-33-,44-41-. The van der Waals surface area contributed by atoms with E-state index in [0.717, 1.165) is 103 Å². The third-order valence-electron chi connectivity index (χ3n) is 11.0. The minimum absolute atomic E-state index is 0.0114. The van der Waals surface area contributed by atoms with E-state index in [2.05, 4.69) is 99.8 Å². The Bertz CT molecular complexity index is 1540. The Balaban J connectivity index is 4.88. The Kier molecular flexibility index (Phi) is 49.1. The number of aliphatic hydroxyl groups excluding tert-OH is 1. The van der Waals surface area contributed by atoms with Crippen molar-refractivity contribution in [1.29, 1.82) is 0 Å². The van der Waals surface area contributed by atoms with Crippen LogP contribution in [0.15, 0.2) is 97.2 Å². The number of allylic oxidation sites excluding steroid dienone is 15. The van der Waals surface area contributed by atoms with Gasteiger partial charge in [-0.2, -0.15) is 0 Å². The van der Waals surface area contributed by atoms with Gasteiger partial charge in [0.25, 0.3) is 0 Å². The molecule has 0 aliphatic heterocycles. The SMILES string of the molecule is CC/C=C\C/C=C\C/C=C\C/C=C\C/C=C\CC(=O)OCC(COP(=O)(O)OCC(CO)OC(=O)CCCCCCC/C=C\CCCC)OC(=O)CCCCCCCCC/C=C\C/C=C\CCCCC. The van der Waals surface area contributed by atoms with Crippen LogP contribution >= 0.6 is 7.82 Å². The average molecular weight is 1000 g/mol. The summed E-state index contributed by atoms with van der Waals surface area (Å²) in [4.78, 5) is 48.3. The highest BCUT2D eigenvalue weighted by atomic mass is 31.2. The first kappa shape index (κ1) is 66.4. The number of hydrogen-bond acceptors (Lipinski definition) is 10. The second-order valence-corrected chi connectivity index (χ2v) is 19.1. The molecule has 0 fully saturated rings. The molecule has 11 nitrogen and oxygen atoms in total. The Hall–Kier alpha value is -3.60. The Morgan fingerprint density at radius 2 is 0.800 bits per heavy atom. The minimum atomic E-state index is -4.77. The van der Waals surface area contributed by atoms with Gasteiger partial charge in [0.05, 0.1) is 26.2 Å². The van der Waals surface area contributed by atoms with Gasteiger partial charge in [-0.3, -0.25) is 23.4 Å². The number of carbonyl (C=O) groups excluding carboxylic acids is 3. The third-order valence-corrected chi connectivity index (χ3v) is 11.9. The highest BCUT2D eigenvalue weighted by Gasteiger charge is 2.28. The molecule has 0 radical (unpaired) electrons. The maximum atomic E-state index is 12.9. The second kappa shape index (κ2) is 51.7. The predicted octanol–water partition coefficient (Wildman–Crippen LogP) is 15.7. The molecule has 0 saturated heterocycles. The molecule has 12 heteroatoms. The van der Waals surface area contributed by atoms with Gasteiger partial charge in [-0.15, -0.1) is 0 Å². The molecule has 0 aliphatic carbocycles. The lowest BCUT2D eigenvalue weighted by Crippen LogP contribution is -2.30. The molecule has 0 spiro atoms. The van der Waals surface area contributed by atoms with Crippen molar-refractivity contribution in [3.05, 3.63) is 97.2 Å². The van der Waals surface area contributed by atoms with Gasteiger partial charge in [0.2, 0.25) is 0 Å². The van der Waals surface area contributed by atoms with Crippen LogP contribution in [0.5, 0.6) is 0 Å². The second-order valence-electron chi connectivity index (χ2n) is 17.7. The van der Waals surface area contributed by atoms with Gasteiger partial charge >= 0.3 is 25.7 Å². The lowest BCUT2D eigenvalue weighted by atomic mass is 10.1. The third kappa shape index (κ3) is 49.4. The summed E-state index contributed by atoms with van der Waals surface area (Å²) in [5, 5.41) is 9.77. The van der Waals surface area contributed by atoms with Crippen molar-refractivity contribution in [2.75, 3.05) is 26.4 Å². The molecule has 0 saturated carbocycles. The fourth-order valence-corrected chi connectivity index (χ4v) is 7.63. The van der Waals surface area contributed by atoms with E-state index in [1.54, 1.807) is 6.08 Å². The lowest BCUT2D eigenvalue weighted by molar-refractivity contribution is -0.161. The number of phosphoric ester groups is 1. The van der Waals surface area contributed by atoms with Crippen LogP contribution in [0.4, 0.5) is 0 Å². The van der Waals surface area contributed by atoms with Crippen LogP contribution in [-0.4, -0.2) is 66.5 Å². The zero-order valence-electron chi connectivity index (χ0n) is 43.9. The van der Waals surface area contributed by atoms with Crippen LogP contribution in [0.25, 0.3) is 0 Å². The first-order chi connectivity index (χ1) is 34.2. The van der Waals surface area contributed by atoms with Gasteiger partial charge in [0.1, 0.15) is 12.7 Å². The monoisotopic (exact) mass is 1000 g/mol. The van der Waals surface area contributed by atoms with E-state index in [0.29, 0.717) is 19.3 Å². The largest absolute Gasteiger partial charge is 0.472 e. The lowest BCUT2D eigenvalue weighted by Gasteiger charge is -2.21. The molecule has 3 unspecified atom stereocenters. The fourth-order valence-electron chi connectivity index (χ4n) is 6.85. The van der Waals surface area contributed by atoms with Crippen molar-refractivity contribution in [1.82, 2.24) is 0 Å². The molecule has 0 aromatic rings. The Morgan fingerprint density at radius 1 is 0.429 bits per heavy atom. The predicted molar refractivity (Wildman–Crippen MR) is 288 cm³/mol. The summed E-state index contributed by atoms with van der Waals surface area (Å²) in [7, 11) is -4.77. The Labute approximate surface area is 425 Å². The zero-order valence-corrected chi connectivity index (χ0v) is 44.8. The van der Waals surface area contributed by atoms with Gasteiger partial charge in [0.15, 0.2) is 6.10 Å². The number of carbonyl (C=O) groups is 3. The summed E-state index contributed by atoms with van der Waals surface area (Å²) in [6.45, 7) is 4.32. The van der Waals surface area contributed by atoms with E-state index in [9.17, 15) is 28.9 Å². The number of phosphoric acid groups is 1. The van der Waals surface area contributed by atoms with Gasteiger partial charge in [-0.25, -0.2) is 4.57 Å². The topological polar surface area (TPSA) is 155 Å². The summed E-state index contributed by atoms with van der Waals surface area (Å²) in [6, 6.07) is 0. The van der Waals surface area contributed by atoms with Crippen molar-refractivity contribution in [3.8, 4) is 0 Å². The van der Waals surface area contributed by atoms with Gasteiger partial charge in [-0.05, 0) is 96.3 Å². The van der Waals surface area contributed by atoms with Crippen LogP contribution in [0, 0.1) is 0 Å². The summed E-state index contributed by atoms with van der Waals surface area (Å²) in [5.41, 5.74) is 0. The van der Waals surface area contributed by atoms with E-state index in [-0.39, 0.29) is 19.3 Å². The van der Waals surface area contributed by atoms with E-state index < -0.39 is 64.4 Å². The van der Waals surface area contributed by atoms with Crippen molar-refractivity contribution in [2.24, 2.45) is 0 Å². The number of ether oxygens (including phenoxy) is 3. The fraction of sp³-hybridized carbons (Fsp3) is 0.672. The minimum Gasteiger partial charge on any atom is -0.461 e. The average Bonchev–Trinajstić information content (AvgIpc) is 3.35. The van der Waals surface area contributed by atoms with Crippen LogP contribution in [0.1, 0.15) is 213 Å². The molecule has 0 rings (SSSR count). The molecule has 2 N–H and O–H groups in total. The van der Waals surface area contributed by atoms with Crippen molar-refractivity contribution >= 4 is 25.7 Å². The molecule has 0 heterocycles. The summed E-state index contributed by atoms with van der Waals surface area (Å²) in [5.74, 6) is -1.64. The molecule has 0 aliphatic rings. The molecule has 70 heavy (non-hydrogen) atoms. The van der Waals surface area contributed by atoms with Crippen molar-refractivity contribution < 1.29 is 52.2 Å². The van der Waals surface area contributed by atoms with Crippen LogP contribution in [-0.2, 0) is 42.2 Å². The number of aliphatic hydroxyl groups is 1. The van der Waals surface area contributed by atoms with E-state index >= 15 is 0 Å². The molecule has 0 aromatic heterocycles. The summed E-state index contributed by atoms with van der Waals surface area (Å²) >= 11 is 0. The highest BCUT2D eigenvalue weighted by molar-refractivity contribution is 7.47. The summed E-state index contributed by atoms with van der Waals surface area (Å²) in [6.07, 6.45) is 59.7. The number of unbranched alkanes of at least 4 members (excludes halogenated alkanes) is 17. The molecule has 400 valence electrons. The normalized spacial score (nSPS) is 14.2. The summed E-state index contributed by atoms with van der Waals surface area (Å²) < 4.78 is 39.3. The van der Waals surface area contributed by atoms with E-state index in [1.807, 2.05) is 12.2 Å². The van der Waals surface area contributed by atoms with Crippen molar-refractivity contribution in [3.63, 3.8) is 0 Å². The van der Waals surface area contributed by atoms with E-state index in [1.165, 1.54) is 51.4 Å². The van der Waals surface area contributed by atoms with Gasteiger partial charge in [-0.1, -0.05) is 195 Å². The molecule has 3 atom stereocenters. The number of hydrogen-bond donors (Lipinski definition) is 2. The molecule has 0 aromatic carbocycles. The van der Waals surface area contributed by atoms with Crippen LogP contribution in [0.2, 0.25) is 0 Å².